The molecule has 1 aromatic heterocycles. The zero-order chi connectivity index (χ0) is 10.3. The topological polar surface area (TPSA) is 28.7 Å². The Labute approximate surface area is 88.0 Å². The van der Waals surface area contributed by atoms with Crippen molar-refractivity contribution in [2.75, 3.05) is 0 Å². The Morgan fingerprint density at radius 2 is 1.79 bits per heavy atom. The van der Waals surface area contributed by atoms with Crippen LogP contribution < -0.4 is 0 Å². The number of nitrogens with one attached hydrogen (secondary N) is 1. The molecule has 0 radical (unpaired) electrons. The monoisotopic (exact) mass is 204 g/mol. The van der Waals surface area contributed by atoms with E-state index in [0.29, 0.717) is 0 Å². The Morgan fingerprint density at radius 3 is 2.50 bits per heavy atom. The number of hydrogen-bond donors (Lipinski definition) is 1. The third-order valence-electron chi connectivity index (χ3n) is 2.48. The van der Waals surface area contributed by atoms with Gasteiger partial charge in [-0.3, -0.25) is 0 Å². The van der Waals surface area contributed by atoms with Crippen molar-refractivity contribution in [1.29, 1.82) is 0 Å². The Morgan fingerprint density at radius 1 is 1.14 bits per heavy atom. The minimum Gasteiger partial charge on any atom is -0.343 e. The lowest BCUT2D eigenvalue weighted by Crippen LogP contribution is -1.91. The molecule has 0 fully saturated rings. The highest BCUT2D eigenvalue weighted by atomic mass is 32.1. The van der Waals surface area contributed by atoms with E-state index in [0.717, 1.165) is 21.4 Å². The number of benzene rings is 1. The number of H-pyrrole nitrogens is 1. The zero-order valence-electron chi connectivity index (χ0n) is 8.51. The maximum absolute atomic E-state index is 5.14. The summed E-state index contributed by atoms with van der Waals surface area (Å²) in [5.41, 5.74) is 5.40. The first-order chi connectivity index (χ1) is 6.58. The second kappa shape index (κ2) is 3.17. The Balaban J connectivity index is 2.90. The van der Waals surface area contributed by atoms with E-state index in [4.69, 9.17) is 12.2 Å². The average Bonchev–Trinajstić information content (AvgIpc) is 2.11. The van der Waals surface area contributed by atoms with Crippen LogP contribution in [0.1, 0.15) is 16.8 Å². The minimum atomic E-state index is 0.723. The second-order valence-electron chi connectivity index (χ2n) is 3.60. The highest BCUT2D eigenvalue weighted by Gasteiger charge is 2.00. The fourth-order valence-corrected chi connectivity index (χ4v) is 1.59. The lowest BCUT2D eigenvalue weighted by Gasteiger charge is -2.04. The molecule has 2 nitrogen and oxygen atoms in total. The molecule has 1 heterocycles. The van der Waals surface area contributed by atoms with Crippen LogP contribution in [0.25, 0.3) is 11.0 Å². The third kappa shape index (κ3) is 1.44. The number of aromatic nitrogens is 2. The summed E-state index contributed by atoms with van der Waals surface area (Å²) in [6.45, 7) is 6.10. The third-order valence-corrected chi connectivity index (χ3v) is 2.87. The summed E-state index contributed by atoms with van der Waals surface area (Å²) in [6.07, 6.45) is 0. The molecule has 0 aliphatic carbocycles. The van der Waals surface area contributed by atoms with Crippen LogP contribution >= 0.6 is 12.2 Å². The van der Waals surface area contributed by atoms with Gasteiger partial charge in [-0.05, 0) is 44.0 Å². The predicted molar refractivity (Wildman–Crippen MR) is 61.1 cm³/mol. The predicted octanol–water partition coefficient (Wildman–Crippen LogP) is 3.22. The van der Waals surface area contributed by atoms with Crippen molar-refractivity contribution in [2.24, 2.45) is 0 Å². The van der Waals surface area contributed by atoms with Crippen LogP contribution in [0.3, 0.4) is 0 Å². The molecule has 72 valence electrons. The summed E-state index contributed by atoms with van der Waals surface area (Å²) in [4.78, 5) is 7.62. The molecule has 1 aromatic carbocycles. The van der Waals surface area contributed by atoms with Crippen molar-refractivity contribution in [3.8, 4) is 0 Å². The van der Waals surface area contributed by atoms with Gasteiger partial charge in [-0.15, -0.1) is 0 Å². The molecular weight excluding hydrogens is 192 g/mol. The van der Waals surface area contributed by atoms with Gasteiger partial charge in [0, 0.05) is 0 Å². The highest BCUT2D eigenvalue weighted by molar-refractivity contribution is 7.71. The molecule has 3 heteroatoms. The van der Waals surface area contributed by atoms with Crippen molar-refractivity contribution in [3.63, 3.8) is 0 Å². The van der Waals surface area contributed by atoms with E-state index in [1.807, 2.05) is 6.92 Å². The van der Waals surface area contributed by atoms with Crippen molar-refractivity contribution in [3.05, 3.63) is 33.6 Å². The number of hydrogen-bond acceptors (Lipinski definition) is 2. The molecule has 0 atom stereocenters. The van der Waals surface area contributed by atoms with E-state index in [1.54, 1.807) is 0 Å². The van der Waals surface area contributed by atoms with Gasteiger partial charge in [-0.2, -0.15) is 0 Å². The molecular formula is C11H12N2S. The first kappa shape index (κ1) is 9.34. The molecule has 0 spiro atoms. The Kier molecular flexibility index (Phi) is 2.11. The number of rotatable bonds is 0. The van der Waals surface area contributed by atoms with Gasteiger partial charge in [0.05, 0.1) is 16.7 Å². The Hall–Kier alpha value is -1.22. The highest BCUT2D eigenvalue weighted by Crippen LogP contribution is 2.16. The molecule has 0 saturated carbocycles. The first-order valence-corrected chi connectivity index (χ1v) is 4.96. The van der Waals surface area contributed by atoms with Crippen molar-refractivity contribution in [1.82, 2.24) is 9.97 Å². The van der Waals surface area contributed by atoms with E-state index in [9.17, 15) is 0 Å². The van der Waals surface area contributed by atoms with Gasteiger partial charge >= 0.3 is 0 Å². The number of fused-ring (bicyclic) bond motifs is 1. The number of aryl methyl sites for hydroxylation is 3. The van der Waals surface area contributed by atoms with Crippen LogP contribution in [0.2, 0.25) is 0 Å². The van der Waals surface area contributed by atoms with Crippen molar-refractivity contribution < 1.29 is 0 Å². The van der Waals surface area contributed by atoms with Crippen LogP contribution in [0, 0.1) is 25.4 Å². The van der Waals surface area contributed by atoms with Gasteiger partial charge in [-0.1, -0.05) is 12.2 Å². The fourth-order valence-electron chi connectivity index (χ4n) is 1.44. The average molecular weight is 204 g/mol. The zero-order valence-corrected chi connectivity index (χ0v) is 9.33. The smallest absolute Gasteiger partial charge is 0.125 e. The molecule has 0 unspecified atom stereocenters. The summed E-state index contributed by atoms with van der Waals surface area (Å²) in [5, 5.41) is 0. The van der Waals surface area contributed by atoms with Gasteiger partial charge in [0.1, 0.15) is 4.64 Å². The van der Waals surface area contributed by atoms with Crippen LogP contribution in [-0.2, 0) is 0 Å². The summed E-state index contributed by atoms with van der Waals surface area (Å²) < 4.78 is 0.723. The summed E-state index contributed by atoms with van der Waals surface area (Å²) in [6, 6.07) is 4.18. The van der Waals surface area contributed by atoms with E-state index in [-0.39, 0.29) is 0 Å². The lowest BCUT2D eigenvalue weighted by atomic mass is 10.1. The maximum atomic E-state index is 5.14. The summed E-state index contributed by atoms with van der Waals surface area (Å²) >= 11 is 5.14. The van der Waals surface area contributed by atoms with Gasteiger partial charge in [0.15, 0.2) is 0 Å². The maximum Gasteiger partial charge on any atom is 0.125 e. The van der Waals surface area contributed by atoms with Crippen LogP contribution in [0.15, 0.2) is 12.1 Å². The normalized spacial score (nSPS) is 10.8. The first-order valence-electron chi connectivity index (χ1n) is 4.56. The Bertz CT molecular complexity index is 555. The van der Waals surface area contributed by atoms with E-state index in [2.05, 4.69) is 35.9 Å². The van der Waals surface area contributed by atoms with E-state index >= 15 is 0 Å². The largest absolute Gasteiger partial charge is 0.343 e. The number of aromatic amines is 1. The van der Waals surface area contributed by atoms with Gasteiger partial charge < -0.3 is 4.98 Å². The van der Waals surface area contributed by atoms with Crippen molar-refractivity contribution >= 4 is 23.3 Å². The van der Waals surface area contributed by atoms with Gasteiger partial charge in [0.25, 0.3) is 0 Å². The molecule has 2 rings (SSSR count). The second-order valence-corrected chi connectivity index (χ2v) is 4.01. The van der Waals surface area contributed by atoms with Gasteiger partial charge in [-0.25, -0.2) is 4.98 Å². The van der Waals surface area contributed by atoms with Crippen LogP contribution in [-0.4, -0.2) is 9.97 Å². The molecule has 0 aliphatic heterocycles. The fraction of sp³-hybridized carbons (Fsp3) is 0.273. The molecule has 1 N–H and O–H groups in total. The van der Waals surface area contributed by atoms with Crippen LogP contribution in [0.5, 0.6) is 0 Å². The number of nitrogens with zero attached hydrogens (tertiary/aromatic N) is 1. The SMILES string of the molecule is Cc1cc2nc(C)c(=S)[nH]c2cc1C. The molecule has 14 heavy (non-hydrogen) atoms. The molecule has 0 saturated heterocycles. The lowest BCUT2D eigenvalue weighted by molar-refractivity contribution is 1.15. The molecule has 0 aliphatic rings. The molecule has 2 aromatic rings. The quantitative estimate of drug-likeness (QED) is 0.667. The summed E-state index contributed by atoms with van der Waals surface area (Å²) in [7, 11) is 0. The van der Waals surface area contributed by atoms with E-state index in [1.165, 1.54) is 11.1 Å². The molecule has 0 bridgehead atoms. The van der Waals surface area contributed by atoms with Crippen LogP contribution in [0.4, 0.5) is 0 Å². The minimum absolute atomic E-state index is 0.723. The van der Waals surface area contributed by atoms with Crippen molar-refractivity contribution in [2.45, 2.75) is 20.8 Å². The standard InChI is InChI=1S/C11H12N2S/c1-6-4-9-10(5-7(6)2)13-11(14)8(3)12-9/h4-5H,1-3H3,(H,13,14). The molecule has 0 amide bonds. The summed E-state index contributed by atoms with van der Waals surface area (Å²) in [5.74, 6) is 0. The van der Waals surface area contributed by atoms with E-state index < -0.39 is 0 Å². The van der Waals surface area contributed by atoms with Gasteiger partial charge in [0.2, 0.25) is 0 Å².